The molecule has 0 unspecified atom stereocenters. The molecule has 0 aliphatic carbocycles. The van der Waals surface area contributed by atoms with E-state index < -0.39 is 6.49 Å². The van der Waals surface area contributed by atoms with Crippen LogP contribution in [0.5, 0.6) is 0 Å². The van der Waals surface area contributed by atoms with Crippen LogP contribution in [0.25, 0.3) is 0 Å². The Labute approximate surface area is 128 Å². The van der Waals surface area contributed by atoms with Gasteiger partial charge in [0.15, 0.2) is 0 Å². The monoisotopic (exact) mass is 337 g/mol. The molecule has 0 spiro atoms. The second-order valence-electron chi connectivity index (χ2n) is 4.68. The standard InChI is InChI=1S/C10H20N5O4PS/c11-20(21,12-1-3-14-5-7-18-9(14)16)13-2-4-15-6-8-19-10(15)17/h1-8H2,(H4,11,12,13,21). The summed E-state index contributed by atoms with van der Waals surface area (Å²) in [6.45, 7) is 1.70. The fourth-order valence-corrected chi connectivity index (χ4v) is 3.54. The van der Waals surface area contributed by atoms with Gasteiger partial charge in [0.25, 0.3) is 0 Å². The average molecular weight is 337 g/mol. The van der Waals surface area contributed by atoms with E-state index in [0.717, 1.165) is 0 Å². The van der Waals surface area contributed by atoms with Gasteiger partial charge in [-0.1, -0.05) is 0 Å². The van der Waals surface area contributed by atoms with E-state index >= 15 is 0 Å². The number of nitrogens with one attached hydrogen (secondary N) is 2. The maximum absolute atomic E-state index is 11.2. The van der Waals surface area contributed by atoms with Crippen molar-refractivity contribution >= 4 is 30.5 Å². The highest BCUT2D eigenvalue weighted by Crippen LogP contribution is 2.24. The molecule has 2 aliphatic heterocycles. The molecule has 0 atom stereocenters. The van der Waals surface area contributed by atoms with Crippen molar-refractivity contribution in [1.82, 2.24) is 20.0 Å². The molecule has 0 radical (unpaired) electrons. The maximum Gasteiger partial charge on any atom is 0.409 e. The van der Waals surface area contributed by atoms with Crippen molar-refractivity contribution < 1.29 is 19.1 Å². The highest BCUT2D eigenvalue weighted by molar-refractivity contribution is 8.11. The molecule has 2 fully saturated rings. The Morgan fingerprint density at radius 3 is 1.81 bits per heavy atom. The van der Waals surface area contributed by atoms with E-state index in [2.05, 4.69) is 10.2 Å². The number of amides is 2. The molecule has 21 heavy (non-hydrogen) atoms. The molecular weight excluding hydrogens is 317 g/mol. The molecule has 0 bridgehead atoms. The summed E-state index contributed by atoms with van der Waals surface area (Å²) < 4.78 is 9.65. The van der Waals surface area contributed by atoms with Gasteiger partial charge in [-0.15, -0.1) is 0 Å². The van der Waals surface area contributed by atoms with Gasteiger partial charge in [-0.25, -0.2) is 9.59 Å². The number of hydrogen-bond acceptors (Lipinski definition) is 5. The highest BCUT2D eigenvalue weighted by atomic mass is 32.4. The lowest BCUT2D eigenvalue weighted by Crippen LogP contribution is -2.38. The SMILES string of the molecule is NP(=S)(NCCN1CCOC1=O)NCCN1CCOC1=O. The summed E-state index contributed by atoms with van der Waals surface area (Å²) in [6.07, 6.45) is -0.606. The largest absolute Gasteiger partial charge is 0.448 e. The zero-order chi connectivity index (χ0) is 15.3. The molecule has 2 aliphatic rings. The molecule has 11 heteroatoms. The molecular formula is C10H20N5O4PS. The molecule has 2 rings (SSSR count). The second kappa shape index (κ2) is 7.37. The van der Waals surface area contributed by atoms with Gasteiger partial charge in [-0.05, 0) is 11.8 Å². The highest BCUT2D eigenvalue weighted by Gasteiger charge is 2.23. The van der Waals surface area contributed by atoms with Crippen molar-refractivity contribution in [1.29, 1.82) is 0 Å². The number of hydrogen-bond donors (Lipinski definition) is 3. The fourth-order valence-electron chi connectivity index (χ4n) is 2.02. The summed E-state index contributed by atoms with van der Waals surface area (Å²) in [7, 11) is 0. The lowest BCUT2D eigenvalue weighted by atomic mass is 10.5. The molecule has 4 N–H and O–H groups in total. The number of ether oxygens (including phenoxy) is 2. The number of nitrogens with two attached hydrogens (primary N) is 1. The van der Waals surface area contributed by atoms with E-state index in [-0.39, 0.29) is 12.2 Å². The second-order valence-corrected chi connectivity index (χ2v) is 8.35. The fraction of sp³-hybridized carbons (Fsp3) is 0.800. The van der Waals surface area contributed by atoms with Crippen LogP contribution in [0.1, 0.15) is 0 Å². The van der Waals surface area contributed by atoms with Crippen LogP contribution in [-0.4, -0.2) is 74.5 Å². The smallest absolute Gasteiger partial charge is 0.409 e. The third-order valence-electron chi connectivity index (χ3n) is 3.15. The molecule has 2 saturated heterocycles. The first-order valence-electron chi connectivity index (χ1n) is 6.70. The average Bonchev–Trinajstić information content (AvgIpc) is 2.99. The Hall–Kier alpha value is -0.930. The molecule has 2 heterocycles. The van der Waals surface area contributed by atoms with Gasteiger partial charge in [0.05, 0.1) is 13.1 Å². The summed E-state index contributed by atoms with van der Waals surface area (Å²) in [4.78, 5) is 25.7. The minimum absolute atomic E-state index is 0.303. The van der Waals surface area contributed by atoms with Crippen molar-refractivity contribution in [2.75, 3.05) is 52.5 Å². The van der Waals surface area contributed by atoms with Crippen LogP contribution in [0.2, 0.25) is 0 Å². The van der Waals surface area contributed by atoms with Crippen molar-refractivity contribution in [3.8, 4) is 0 Å². The lowest BCUT2D eigenvalue weighted by molar-refractivity contribution is 0.158. The Morgan fingerprint density at radius 2 is 1.48 bits per heavy atom. The van der Waals surface area contributed by atoms with Gasteiger partial charge in [0, 0.05) is 26.2 Å². The van der Waals surface area contributed by atoms with Crippen LogP contribution < -0.4 is 15.7 Å². The number of carbonyl (C=O) groups excluding carboxylic acids is 2. The van der Waals surface area contributed by atoms with E-state index in [1.54, 1.807) is 9.80 Å². The zero-order valence-electron chi connectivity index (χ0n) is 11.6. The Bertz CT molecular complexity index is 415. The van der Waals surface area contributed by atoms with Crippen LogP contribution in [-0.2, 0) is 21.3 Å². The molecule has 0 aromatic carbocycles. The van der Waals surface area contributed by atoms with E-state index in [4.69, 9.17) is 26.8 Å². The van der Waals surface area contributed by atoms with E-state index in [1.165, 1.54) is 0 Å². The molecule has 9 nitrogen and oxygen atoms in total. The van der Waals surface area contributed by atoms with Crippen molar-refractivity contribution in [2.45, 2.75) is 0 Å². The van der Waals surface area contributed by atoms with Crippen LogP contribution in [0.4, 0.5) is 9.59 Å². The van der Waals surface area contributed by atoms with Gasteiger partial charge in [0.2, 0.25) is 0 Å². The molecule has 0 aromatic rings. The summed E-state index contributed by atoms with van der Waals surface area (Å²) in [6, 6.07) is 0. The van der Waals surface area contributed by atoms with Crippen molar-refractivity contribution in [2.24, 2.45) is 5.50 Å². The number of nitrogens with zero attached hydrogens (tertiary/aromatic N) is 2. The Morgan fingerprint density at radius 1 is 1.05 bits per heavy atom. The summed E-state index contributed by atoms with van der Waals surface area (Å²) in [5, 5.41) is 6.10. The normalized spacial score (nSPS) is 19.1. The van der Waals surface area contributed by atoms with Gasteiger partial charge in [-0.3, -0.25) is 15.7 Å². The quantitative estimate of drug-likeness (QED) is 0.497. The molecule has 120 valence electrons. The van der Waals surface area contributed by atoms with Gasteiger partial charge in [0.1, 0.15) is 19.7 Å². The van der Waals surface area contributed by atoms with Crippen LogP contribution in [0, 0.1) is 0 Å². The van der Waals surface area contributed by atoms with Crippen molar-refractivity contribution in [3.63, 3.8) is 0 Å². The number of rotatable bonds is 8. The predicted molar refractivity (Wildman–Crippen MR) is 80.3 cm³/mol. The van der Waals surface area contributed by atoms with E-state index in [1.807, 2.05) is 0 Å². The van der Waals surface area contributed by atoms with Gasteiger partial charge < -0.3 is 19.3 Å². The summed E-state index contributed by atoms with van der Waals surface area (Å²) in [5.41, 5.74) is 5.99. The molecule has 0 aromatic heterocycles. The molecule has 0 saturated carbocycles. The van der Waals surface area contributed by atoms with Crippen LogP contribution >= 0.6 is 6.49 Å². The van der Waals surface area contributed by atoms with Crippen LogP contribution in [0.15, 0.2) is 0 Å². The minimum atomic E-state index is -2.37. The Balaban J connectivity index is 1.61. The van der Waals surface area contributed by atoms with Gasteiger partial charge >= 0.3 is 12.2 Å². The van der Waals surface area contributed by atoms with Crippen LogP contribution in [0.3, 0.4) is 0 Å². The predicted octanol–water partition coefficient (Wildman–Crippen LogP) is -0.747. The summed E-state index contributed by atoms with van der Waals surface area (Å²) >= 11 is 5.28. The zero-order valence-corrected chi connectivity index (χ0v) is 13.3. The van der Waals surface area contributed by atoms with E-state index in [0.29, 0.717) is 52.5 Å². The molecule has 2 amide bonds. The summed E-state index contributed by atoms with van der Waals surface area (Å²) in [5.74, 6) is 0. The lowest BCUT2D eigenvalue weighted by Gasteiger charge is -2.22. The third kappa shape index (κ3) is 5.08. The van der Waals surface area contributed by atoms with Gasteiger partial charge in [-0.2, -0.15) is 0 Å². The van der Waals surface area contributed by atoms with E-state index in [9.17, 15) is 9.59 Å². The first kappa shape index (κ1) is 16.4. The topological polar surface area (TPSA) is 109 Å². The Kier molecular flexibility index (Phi) is 5.77. The maximum atomic E-state index is 11.2. The first-order chi connectivity index (χ1) is 9.98. The number of cyclic esters (lactones) is 2. The first-order valence-corrected chi connectivity index (χ1v) is 9.57. The third-order valence-corrected chi connectivity index (χ3v) is 5.31. The minimum Gasteiger partial charge on any atom is -0.448 e. The van der Waals surface area contributed by atoms with Crippen molar-refractivity contribution in [3.05, 3.63) is 0 Å². The number of carbonyl (C=O) groups is 2.